The number of hydrogen-bond donors (Lipinski definition) is 3. The lowest BCUT2D eigenvalue weighted by atomic mass is 10.2. The molecule has 2 aromatic heterocycles. The Hall–Kier alpha value is -3.17. The Labute approximate surface area is 230 Å². The Kier molecular flexibility index (Phi) is 15.6. The Morgan fingerprint density at radius 2 is 1.56 bits per heavy atom. The number of nitrogens with zero attached hydrogens (tertiary/aromatic N) is 4. The number of fused-ring (bicyclic) bond motifs is 1. The molecule has 1 amide bonds. The van der Waals surface area contributed by atoms with E-state index in [0.29, 0.717) is 29.9 Å². The number of anilines is 1. The van der Waals surface area contributed by atoms with Crippen molar-refractivity contribution < 1.29 is 23.9 Å². The van der Waals surface area contributed by atoms with Crippen LogP contribution >= 0.6 is 7.60 Å². The molecule has 2 heterocycles. The minimum atomic E-state index is -4.21. The topological polar surface area (TPSA) is 139 Å². The number of hydrogen-bond acceptors (Lipinski definition) is 6. The zero-order chi connectivity index (χ0) is 28.2. The third kappa shape index (κ3) is 14.5. The fourth-order valence-corrected chi connectivity index (χ4v) is 3.79. The summed E-state index contributed by atoms with van der Waals surface area (Å²) in [4.78, 5) is 42.7. The van der Waals surface area contributed by atoms with E-state index < -0.39 is 13.9 Å². The average molecular weight is 558 g/mol. The number of aromatic nitrogens is 4. The van der Waals surface area contributed by atoms with E-state index in [1.807, 2.05) is 0 Å². The van der Waals surface area contributed by atoms with Crippen molar-refractivity contribution >= 4 is 30.5 Å². The summed E-state index contributed by atoms with van der Waals surface area (Å²) in [7, 11) is -4.21. The summed E-state index contributed by atoms with van der Waals surface area (Å²) in [5.74, 6) is 0.177. The molecule has 0 spiro atoms. The first-order valence-corrected chi connectivity index (χ1v) is 15.0. The van der Waals surface area contributed by atoms with Crippen LogP contribution < -0.4 is 5.32 Å². The number of carbonyl (C=O) groups excluding carboxylic acids is 1. The van der Waals surface area contributed by atoms with Gasteiger partial charge in [-0.3, -0.25) is 9.36 Å². The van der Waals surface area contributed by atoms with Gasteiger partial charge in [-0.05, 0) is 44.9 Å². The van der Waals surface area contributed by atoms with Gasteiger partial charge in [-0.2, -0.15) is 0 Å². The van der Waals surface area contributed by atoms with Crippen LogP contribution in [0.2, 0.25) is 0 Å². The van der Waals surface area contributed by atoms with Crippen molar-refractivity contribution in [2.24, 2.45) is 0 Å². The average Bonchev–Trinajstić information content (AvgIpc) is 3.32. The number of nitrogens with one attached hydrogen (secondary N) is 1. The summed E-state index contributed by atoms with van der Waals surface area (Å²) in [6.07, 6.45) is 30.5. The highest BCUT2D eigenvalue weighted by atomic mass is 31.2. The predicted molar refractivity (Wildman–Crippen MR) is 155 cm³/mol. The summed E-state index contributed by atoms with van der Waals surface area (Å²) in [6.45, 7) is 2.52. The van der Waals surface area contributed by atoms with E-state index in [0.717, 1.165) is 44.9 Å². The van der Waals surface area contributed by atoms with E-state index in [1.165, 1.54) is 12.7 Å². The number of amides is 1. The van der Waals surface area contributed by atoms with Crippen molar-refractivity contribution in [1.82, 2.24) is 19.5 Å². The maximum absolute atomic E-state index is 12.4. The molecule has 3 N–H and O–H groups in total. The minimum Gasteiger partial charge on any atom is -0.367 e. The van der Waals surface area contributed by atoms with Crippen LogP contribution in [-0.2, 0) is 20.6 Å². The normalized spacial score (nSPS) is 12.9. The van der Waals surface area contributed by atoms with Gasteiger partial charge in [0, 0.05) is 13.0 Å². The van der Waals surface area contributed by atoms with Crippen LogP contribution in [0, 0.1) is 0 Å². The molecular weight excluding hydrogens is 517 g/mol. The van der Waals surface area contributed by atoms with E-state index in [9.17, 15) is 9.36 Å². The first-order valence-electron chi connectivity index (χ1n) is 13.2. The standard InChI is InChI=1S/C28H40N5O5P/c1-2-3-4-5-6-7-8-9-10-11-12-13-14-15-16-17-18-19-25(34)32-27-26-28(30-22-29-27)33(23-31-26)20-21-38-24-39(35,36)37/h3-4,6-7,9-10,12-13,15-16,22-23H,2,5,8,11,14,17-21,24H2,1H3,(H2,35,36,37)(H,29,30,32,34). The first-order chi connectivity index (χ1) is 18.9. The summed E-state index contributed by atoms with van der Waals surface area (Å²) >= 11 is 0. The number of ether oxygens (including phenoxy) is 1. The maximum Gasteiger partial charge on any atom is 0.350 e. The van der Waals surface area contributed by atoms with Crippen molar-refractivity contribution in [3.05, 3.63) is 73.4 Å². The number of unbranched alkanes of at least 4 members (excludes halogenated alkanes) is 1. The largest absolute Gasteiger partial charge is 0.367 e. The molecule has 11 heteroatoms. The molecule has 0 atom stereocenters. The molecule has 0 aromatic carbocycles. The molecule has 39 heavy (non-hydrogen) atoms. The van der Waals surface area contributed by atoms with Crippen molar-refractivity contribution in [3.8, 4) is 0 Å². The molecular formula is C28H40N5O5P. The summed E-state index contributed by atoms with van der Waals surface area (Å²) in [5, 5.41) is 2.79. The SMILES string of the molecule is CCC=CCC=CCC=CCC=CCC=CCCCC(=O)Nc1ncnc2c1ncn2CCOCP(=O)(O)O. The van der Waals surface area contributed by atoms with E-state index in [4.69, 9.17) is 14.5 Å². The minimum absolute atomic E-state index is 0.0814. The number of rotatable bonds is 19. The smallest absolute Gasteiger partial charge is 0.350 e. The monoisotopic (exact) mass is 557 g/mol. The number of carbonyl (C=O) groups is 1. The Bertz CT molecular complexity index is 1200. The molecule has 0 aliphatic heterocycles. The predicted octanol–water partition coefficient (Wildman–Crippen LogP) is 5.84. The van der Waals surface area contributed by atoms with E-state index in [2.05, 4.69) is 88.0 Å². The van der Waals surface area contributed by atoms with Crippen LogP contribution in [-0.4, -0.2) is 48.2 Å². The van der Waals surface area contributed by atoms with E-state index >= 15 is 0 Å². The van der Waals surface area contributed by atoms with Gasteiger partial charge in [0.25, 0.3) is 0 Å². The third-order valence-corrected chi connectivity index (χ3v) is 5.85. The zero-order valence-electron chi connectivity index (χ0n) is 22.6. The Morgan fingerprint density at radius 3 is 2.18 bits per heavy atom. The molecule has 0 fully saturated rings. The molecule has 0 aliphatic carbocycles. The molecule has 0 bridgehead atoms. The van der Waals surface area contributed by atoms with Crippen LogP contribution in [0.25, 0.3) is 11.2 Å². The second-order valence-electron chi connectivity index (χ2n) is 8.68. The van der Waals surface area contributed by atoms with Gasteiger partial charge < -0.3 is 24.4 Å². The van der Waals surface area contributed by atoms with Crippen molar-refractivity contribution in [3.63, 3.8) is 0 Å². The fraction of sp³-hybridized carbons (Fsp3) is 0.429. The molecule has 2 aromatic rings. The molecule has 0 radical (unpaired) electrons. The van der Waals surface area contributed by atoms with Crippen molar-refractivity contribution in [1.29, 1.82) is 0 Å². The van der Waals surface area contributed by atoms with Crippen LogP contribution in [0.5, 0.6) is 0 Å². The lowest BCUT2D eigenvalue weighted by Gasteiger charge is -2.07. The molecule has 0 saturated heterocycles. The molecule has 212 valence electrons. The number of imidazole rings is 1. The molecule has 0 aliphatic rings. The molecule has 2 rings (SSSR count). The molecule has 0 unspecified atom stereocenters. The van der Waals surface area contributed by atoms with Gasteiger partial charge >= 0.3 is 7.60 Å². The Morgan fingerprint density at radius 1 is 0.949 bits per heavy atom. The second kappa shape index (κ2) is 19.0. The lowest BCUT2D eigenvalue weighted by molar-refractivity contribution is -0.116. The summed E-state index contributed by atoms with van der Waals surface area (Å²) < 4.78 is 17.5. The van der Waals surface area contributed by atoms with Crippen LogP contribution in [0.1, 0.15) is 58.3 Å². The highest BCUT2D eigenvalue weighted by Gasteiger charge is 2.14. The van der Waals surface area contributed by atoms with Gasteiger partial charge in [0.1, 0.15) is 12.7 Å². The van der Waals surface area contributed by atoms with Crippen LogP contribution in [0.15, 0.2) is 73.4 Å². The van der Waals surface area contributed by atoms with E-state index in [-0.39, 0.29) is 12.5 Å². The van der Waals surface area contributed by atoms with Crippen molar-refractivity contribution in [2.45, 2.75) is 64.8 Å². The van der Waals surface area contributed by atoms with Gasteiger partial charge in [-0.1, -0.05) is 67.7 Å². The van der Waals surface area contributed by atoms with Gasteiger partial charge in [-0.25, -0.2) is 15.0 Å². The molecule has 0 saturated carbocycles. The summed E-state index contributed by atoms with van der Waals surface area (Å²) in [6, 6.07) is 0. The highest BCUT2D eigenvalue weighted by Crippen LogP contribution is 2.33. The highest BCUT2D eigenvalue weighted by molar-refractivity contribution is 7.51. The molecule has 10 nitrogen and oxygen atoms in total. The zero-order valence-corrected chi connectivity index (χ0v) is 23.5. The van der Waals surface area contributed by atoms with Crippen molar-refractivity contribution in [2.75, 3.05) is 18.3 Å². The second-order valence-corrected chi connectivity index (χ2v) is 10.3. The fourth-order valence-electron chi connectivity index (χ4n) is 3.43. The lowest BCUT2D eigenvalue weighted by Crippen LogP contribution is -2.13. The van der Waals surface area contributed by atoms with Gasteiger partial charge in [-0.15, -0.1) is 0 Å². The van der Waals surface area contributed by atoms with Crippen LogP contribution in [0.3, 0.4) is 0 Å². The summed E-state index contributed by atoms with van der Waals surface area (Å²) in [5.41, 5.74) is 0.942. The van der Waals surface area contributed by atoms with E-state index in [1.54, 1.807) is 4.57 Å². The van der Waals surface area contributed by atoms with Gasteiger partial charge in [0.05, 0.1) is 12.9 Å². The van der Waals surface area contributed by atoms with Crippen LogP contribution in [0.4, 0.5) is 5.82 Å². The quantitative estimate of drug-likeness (QED) is 0.111. The number of allylic oxidation sites excluding steroid dienone is 10. The Balaban J connectivity index is 1.62. The first kappa shape index (κ1) is 32.0. The van der Waals surface area contributed by atoms with Gasteiger partial charge in [0.15, 0.2) is 17.0 Å². The maximum atomic E-state index is 12.4. The van der Waals surface area contributed by atoms with Gasteiger partial charge in [0.2, 0.25) is 5.91 Å². The third-order valence-electron chi connectivity index (χ3n) is 5.33.